The molecule has 6 atom stereocenters. The predicted octanol–water partition coefficient (Wildman–Crippen LogP) is 6.21. The molecule has 5 nitrogen and oxygen atoms in total. The van der Waals surface area contributed by atoms with Gasteiger partial charge in [0.2, 0.25) is 0 Å². The first-order chi connectivity index (χ1) is 15.7. The molecule has 3 saturated carbocycles. The lowest BCUT2D eigenvalue weighted by Gasteiger charge is -2.63. The van der Waals surface area contributed by atoms with Crippen LogP contribution in [0.2, 0.25) is 0 Å². The van der Waals surface area contributed by atoms with Gasteiger partial charge in [0.05, 0.1) is 12.0 Å². The number of fused-ring (bicyclic) bond motifs is 3. The average molecular weight is 473 g/mol. The number of ketones is 1. The second-order valence-electron chi connectivity index (χ2n) is 12.4. The van der Waals surface area contributed by atoms with Gasteiger partial charge in [-0.1, -0.05) is 39.0 Å². The second kappa shape index (κ2) is 9.28. The zero-order chi connectivity index (χ0) is 25.5. The Labute approximate surface area is 205 Å². The number of hydrogen-bond acceptors (Lipinski definition) is 5. The average Bonchev–Trinajstić information content (AvgIpc) is 3.05. The largest absolute Gasteiger partial charge is 0.463 e. The predicted molar refractivity (Wildman–Crippen MR) is 133 cm³/mol. The zero-order valence-corrected chi connectivity index (χ0v) is 22.5. The Morgan fingerprint density at radius 2 is 1.76 bits per heavy atom. The molecule has 0 radical (unpaired) electrons. The molecular weight excluding hydrogens is 428 g/mol. The van der Waals surface area contributed by atoms with Crippen molar-refractivity contribution in [1.29, 1.82) is 0 Å². The molecule has 34 heavy (non-hydrogen) atoms. The molecular formula is C29H44O5. The van der Waals surface area contributed by atoms with Crippen LogP contribution in [0.5, 0.6) is 0 Å². The Morgan fingerprint density at radius 1 is 1.09 bits per heavy atom. The van der Waals surface area contributed by atoms with Gasteiger partial charge >= 0.3 is 11.9 Å². The molecule has 0 saturated heterocycles. The highest BCUT2D eigenvalue weighted by Crippen LogP contribution is 2.69. The summed E-state index contributed by atoms with van der Waals surface area (Å²) < 4.78 is 11.3. The maximum atomic E-state index is 13.3. The molecule has 0 aromatic heterocycles. The van der Waals surface area contributed by atoms with E-state index in [1.807, 2.05) is 26.8 Å². The van der Waals surface area contributed by atoms with E-state index in [2.05, 4.69) is 26.8 Å². The van der Waals surface area contributed by atoms with E-state index >= 15 is 0 Å². The molecule has 0 amide bonds. The van der Waals surface area contributed by atoms with Gasteiger partial charge in [-0.3, -0.25) is 9.59 Å². The number of rotatable bonds is 5. The molecule has 3 unspecified atom stereocenters. The fourth-order valence-corrected chi connectivity index (χ4v) is 7.17. The first kappa shape index (κ1) is 26.7. The fourth-order valence-electron chi connectivity index (χ4n) is 7.17. The van der Waals surface area contributed by atoms with Crippen LogP contribution in [-0.2, 0) is 23.9 Å². The van der Waals surface area contributed by atoms with Crippen LogP contribution < -0.4 is 0 Å². The van der Waals surface area contributed by atoms with Crippen molar-refractivity contribution in [3.8, 4) is 0 Å². The minimum absolute atomic E-state index is 0.160. The molecule has 3 aliphatic carbocycles. The van der Waals surface area contributed by atoms with E-state index in [1.54, 1.807) is 19.9 Å². The molecule has 0 aromatic carbocycles. The number of allylic oxidation sites excluding steroid dienone is 2. The van der Waals surface area contributed by atoms with Crippen LogP contribution in [0.3, 0.4) is 0 Å². The summed E-state index contributed by atoms with van der Waals surface area (Å²) in [4.78, 5) is 38.3. The van der Waals surface area contributed by atoms with E-state index in [9.17, 15) is 14.4 Å². The third kappa shape index (κ3) is 4.28. The summed E-state index contributed by atoms with van der Waals surface area (Å²) in [5.74, 6) is 0.512. The quantitative estimate of drug-likeness (QED) is 0.270. The maximum absolute atomic E-state index is 13.3. The molecule has 0 bridgehead atoms. The van der Waals surface area contributed by atoms with Gasteiger partial charge in [0, 0.05) is 22.8 Å². The summed E-state index contributed by atoms with van der Waals surface area (Å²) in [6, 6.07) is 0. The number of carbonyl (C=O) groups excluding carboxylic acids is 3. The van der Waals surface area contributed by atoms with Crippen LogP contribution in [0.15, 0.2) is 23.8 Å². The minimum atomic E-state index is -0.586. The molecule has 0 aromatic rings. The van der Waals surface area contributed by atoms with E-state index in [1.165, 1.54) is 0 Å². The lowest BCUT2D eigenvalue weighted by atomic mass is 9.40. The SMILES string of the molecule is CCOC(=O)/C(C)=C/C=C/C1(C)C2CCC3CCC(=O)[C@]3(C)[C@@]2(C)CC[C@@H]1OC(=O)C(C)(C)C. The molecule has 3 fully saturated rings. The van der Waals surface area contributed by atoms with Crippen molar-refractivity contribution in [3.05, 3.63) is 23.8 Å². The summed E-state index contributed by atoms with van der Waals surface area (Å²) in [6.07, 6.45) is 10.9. The van der Waals surface area contributed by atoms with E-state index in [0.29, 0.717) is 30.3 Å². The third-order valence-corrected chi connectivity index (χ3v) is 9.51. The monoisotopic (exact) mass is 472 g/mol. The molecule has 0 spiro atoms. The number of hydrogen-bond donors (Lipinski definition) is 0. The molecule has 0 aliphatic heterocycles. The lowest BCUT2D eigenvalue weighted by Crippen LogP contribution is -2.62. The normalized spacial score (nSPS) is 38.4. The first-order valence-electron chi connectivity index (χ1n) is 13.0. The molecule has 0 heterocycles. The highest BCUT2D eigenvalue weighted by molar-refractivity contribution is 5.88. The minimum Gasteiger partial charge on any atom is -0.463 e. The Hall–Kier alpha value is -1.91. The highest BCUT2D eigenvalue weighted by Gasteiger charge is 2.67. The second-order valence-corrected chi connectivity index (χ2v) is 12.4. The van der Waals surface area contributed by atoms with Crippen LogP contribution in [0.1, 0.15) is 93.9 Å². The van der Waals surface area contributed by atoms with Crippen molar-refractivity contribution < 1.29 is 23.9 Å². The first-order valence-corrected chi connectivity index (χ1v) is 13.0. The smallest absolute Gasteiger partial charge is 0.333 e. The van der Waals surface area contributed by atoms with Gasteiger partial charge < -0.3 is 9.47 Å². The van der Waals surface area contributed by atoms with Crippen molar-refractivity contribution in [2.75, 3.05) is 6.61 Å². The highest BCUT2D eigenvalue weighted by atomic mass is 16.5. The Bertz CT molecular complexity index is 893. The van der Waals surface area contributed by atoms with E-state index < -0.39 is 10.8 Å². The van der Waals surface area contributed by atoms with Gasteiger partial charge in [0.15, 0.2) is 0 Å². The van der Waals surface area contributed by atoms with Crippen LogP contribution in [0.25, 0.3) is 0 Å². The molecule has 5 heteroatoms. The Kier molecular flexibility index (Phi) is 7.28. The van der Waals surface area contributed by atoms with Gasteiger partial charge in [-0.15, -0.1) is 0 Å². The molecule has 0 N–H and O–H groups in total. The summed E-state index contributed by atoms with van der Waals surface area (Å²) in [5, 5.41) is 0. The van der Waals surface area contributed by atoms with Crippen LogP contribution >= 0.6 is 0 Å². The number of ether oxygens (including phenoxy) is 2. The van der Waals surface area contributed by atoms with Gasteiger partial charge in [0.1, 0.15) is 11.9 Å². The third-order valence-electron chi connectivity index (χ3n) is 9.51. The van der Waals surface area contributed by atoms with Crippen molar-refractivity contribution >= 4 is 17.7 Å². The summed E-state index contributed by atoms with van der Waals surface area (Å²) in [5.41, 5.74) is -0.994. The maximum Gasteiger partial charge on any atom is 0.333 e. The van der Waals surface area contributed by atoms with Crippen LogP contribution in [-0.4, -0.2) is 30.4 Å². The zero-order valence-electron chi connectivity index (χ0n) is 22.5. The number of carbonyl (C=O) groups is 3. The summed E-state index contributed by atoms with van der Waals surface area (Å²) in [7, 11) is 0. The van der Waals surface area contributed by atoms with Gasteiger partial charge in [-0.25, -0.2) is 4.79 Å². The van der Waals surface area contributed by atoms with Crippen molar-refractivity contribution in [2.45, 2.75) is 100 Å². The van der Waals surface area contributed by atoms with E-state index in [-0.39, 0.29) is 34.8 Å². The topological polar surface area (TPSA) is 69.7 Å². The van der Waals surface area contributed by atoms with Crippen LogP contribution in [0.4, 0.5) is 0 Å². The lowest BCUT2D eigenvalue weighted by molar-refractivity contribution is -0.197. The van der Waals surface area contributed by atoms with Gasteiger partial charge in [0.25, 0.3) is 0 Å². The summed E-state index contributed by atoms with van der Waals surface area (Å²) >= 11 is 0. The standard InChI is InChI=1S/C29H44O5/c1-9-33-24(31)19(2)11-10-17-27(6)21-14-12-20-13-15-22(30)29(20,8)28(21,7)18-16-23(27)34-25(32)26(3,4)5/h10-11,17,20-21,23H,9,12-16,18H2,1-8H3/b17-10+,19-11+/t20?,21?,23-,27?,28-,29+/m0/s1. The molecule has 3 rings (SSSR count). The van der Waals surface area contributed by atoms with Crippen LogP contribution in [0, 0.1) is 33.5 Å². The van der Waals surface area contributed by atoms with Crippen molar-refractivity contribution in [3.63, 3.8) is 0 Å². The van der Waals surface area contributed by atoms with Gasteiger partial charge in [-0.05, 0) is 84.0 Å². The number of Topliss-reactive ketones (excluding diaryl/α,β-unsaturated/α-hetero) is 1. The fraction of sp³-hybridized carbons (Fsp3) is 0.759. The Morgan fingerprint density at radius 3 is 2.38 bits per heavy atom. The number of esters is 2. The molecule has 3 aliphatic rings. The Balaban J connectivity index is 2.02. The summed E-state index contributed by atoms with van der Waals surface area (Å²) in [6.45, 7) is 16.2. The molecule has 190 valence electrons. The van der Waals surface area contributed by atoms with E-state index in [4.69, 9.17) is 9.47 Å². The van der Waals surface area contributed by atoms with E-state index in [0.717, 1.165) is 32.1 Å². The van der Waals surface area contributed by atoms with Gasteiger partial charge in [-0.2, -0.15) is 0 Å². The van der Waals surface area contributed by atoms with Crippen molar-refractivity contribution in [2.24, 2.45) is 33.5 Å². The van der Waals surface area contributed by atoms with Crippen molar-refractivity contribution in [1.82, 2.24) is 0 Å².